The quantitative estimate of drug-likeness (QED) is 0.307. The Kier molecular flexibility index (Phi) is 8.03. The van der Waals surface area contributed by atoms with Gasteiger partial charge in [0.1, 0.15) is 5.69 Å². The minimum absolute atomic E-state index is 0.151. The van der Waals surface area contributed by atoms with E-state index in [2.05, 4.69) is 106 Å². The van der Waals surface area contributed by atoms with Crippen molar-refractivity contribution in [3.8, 4) is 0 Å². The van der Waals surface area contributed by atoms with Gasteiger partial charge in [-0.05, 0) is 80.4 Å². The van der Waals surface area contributed by atoms with Gasteiger partial charge in [-0.25, -0.2) is 0 Å². The number of carbonyl (C=O) groups is 1. The molecule has 0 unspecified atom stereocenters. The fraction of sp³-hybridized carbons (Fsp3) is 0.400. The first-order valence-electron chi connectivity index (χ1n) is 15.0. The van der Waals surface area contributed by atoms with Crippen molar-refractivity contribution < 1.29 is 4.79 Å². The predicted molar refractivity (Wildman–Crippen MR) is 164 cm³/mol. The molecule has 5 heteroatoms. The van der Waals surface area contributed by atoms with Crippen LogP contribution in [-0.2, 0) is 13.1 Å². The summed E-state index contributed by atoms with van der Waals surface area (Å²) in [7, 11) is 0. The molecule has 0 radical (unpaired) electrons. The number of para-hydroxylation sites is 1. The van der Waals surface area contributed by atoms with E-state index in [4.69, 9.17) is 0 Å². The maximum Gasteiger partial charge on any atom is 0.270 e. The summed E-state index contributed by atoms with van der Waals surface area (Å²) in [4.78, 5) is 24.7. The van der Waals surface area contributed by atoms with Crippen LogP contribution in [0.3, 0.4) is 0 Å². The standard InChI is InChI=1S/C35H42N4O/c1-26-10-8-11-27(2)33(26)29-16-20-38(21-17-29)25-31-30-14-6-7-15-32(30)36-34(31)35(40)39-19-9-18-37(22-23-39)24-28-12-4-3-5-13-28/h3-8,10-15,29,36H,9,16-25H2,1-2H3. The van der Waals surface area contributed by atoms with Gasteiger partial charge in [0.05, 0.1) is 0 Å². The summed E-state index contributed by atoms with van der Waals surface area (Å²) in [6, 6.07) is 25.8. The van der Waals surface area contributed by atoms with Crippen LogP contribution < -0.4 is 0 Å². The first kappa shape index (κ1) is 26.8. The van der Waals surface area contributed by atoms with Gasteiger partial charge in [0.2, 0.25) is 0 Å². The number of carbonyl (C=O) groups excluding carboxylic acids is 1. The van der Waals surface area contributed by atoms with Crippen molar-refractivity contribution in [3.05, 3.63) is 106 Å². The molecule has 208 valence electrons. The molecular weight excluding hydrogens is 492 g/mol. The van der Waals surface area contributed by atoms with Gasteiger partial charge in [0.15, 0.2) is 0 Å². The fourth-order valence-corrected chi connectivity index (χ4v) is 6.95. The van der Waals surface area contributed by atoms with Gasteiger partial charge < -0.3 is 9.88 Å². The number of rotatable bonds is 6. The van der Waals surface area contributed by atoms with E-state index in [0.29, 0.717) is 5.92 Å². The molecule has 2 aliphatic rings. The van der Waals surface area contributed by atoms with Crippen LogP contribution in [-0.4, -0.2) is 64.9 Å². The third-order valence-corrected chi connectivity index (χ3v) is 9.07. The molecule has 4 aromatic rings. The number of aromatic amines is 1. The number of aryl methyl sites for hydroxylation is 2. The van der Waals surface area contributed by atoms with E-state index in [1.54, 1.807) is 5.56 Å². The number of hydrogen-bond donors (Lipinski definition) is 1. The van der Waals surface area contributed by atoms with E-state index in [1.807, 2.05) is 0 Å². The lowest BCUT2D eigenvalue weighted by molar-refractivity contribution is 0.0753. The lowest BCUT2D eigenvalue weighted by Crippen LogP contribution is -2.37. The van der Waals surface area contributed by atoms with Gasteiger partial charge in [-0.15, -0.1) is 0 Å². The number of nitrogens with one attached hydrogen (secondary N) is 1. The molecule has 1 aromatic heterocycles. The zero-order valence-corrected chi connectivity index (χ0v) is 24.0. The summed E-state index contributed by atoms with van der Waals surface area (Å²) in [5, 5.41) is 1.18. The molecule has 0 saturated carbocycles. The molecule has 0 bridgehead atoms. The van der Waals surface area contributed by atoms with Crippen LogP contribution in [0.4, 0.5) is 0 Å². The highest BCUT2D eigenvalue weighted by Crippen LogP contribution is 2.34. The van der Waals surface area contributed by atoms with Crippen LogP contribution in [0.15, 0.2) is 72.8 Å². The summed E-state index contributed by atoms with van der Waals surface area (Å²) in [6.45, 7) is 11.9. The monoisotopic (exact) mass is 534 g/mol. The Hall–Kier alpha value is -3.41. The second-order valence-electron chi connectivity index (χ2n) is 11.8. The lowest BCUT2D eigenvalue weighted by atomic mass is 9.84. The normalized spacial score (nSPS) is 17.8. The summed E-state index contributed by atoms with van der Waals surface area (Å²) >= 11 is 0. The SMILES string of the molecule is Cc1cccc(C)c1C1CCN(Cc2c(C(=O)N3CCCN(Cc4ccccc4)CC3)[nH]c3ccccc23)CC1. The molecule has 0 aliphatic carbocycles. The van der Waals surface area contributed by atoms with Crippen molar-refractivity contribution in [2.75, 3.05) is 39.3 Å². The van der Waals surface area contributed by atoms with E-state index in [-0.39, 0.29) is 5.91 Å². The average Bonchev–Trinajstić information content (AvgIpc) is 3.16. The lowest BCUT2D eigenvalue weighted by Gasteiger charge is -2.33. The molecule has 3 heterocycles. The topological polar surface area (TPSA) is 42.6 Å². The summed E-state index contributed by atoms with van der Waals surface area (Å²) in [6.07, 6.45) is 3.33. The zero-order valence-electron chi connectivity index (χ0n) is 24.0. The highest BCUT2D eigenvalue weighted by molar-refractivity contribution is 6.01. The number of fused-ring (bicyclic) bond motifs is 1. The number of piperidine rings is 1. The second-order valence-corrected chi connectivity index (χ2v) is 11.8. The van der Waals surface area contributed by atoms with E-state index in [0.717, 1.165) is 75.6 Å². The van der Waals surface area contributed by atoms with Crippen molar-refractivity contribution in [2.24, 2.45) is 0 Å². The van der Waals surface area contributed by atoms with Crippen molar-refractivity contribution in [3.63, 3.8) is 0 Å². The number of likely N-dealkylation sites (tertiary alicyclic amines) is 1. The number of benzene rings is 3. The smallest absolute Gasteiger partial charge is 0.270 e. The molecule has 0 spiro atoms. The van der Waals surface area contributed by atoms with Gasteiger partial charge in [0, 0.05) is 55.7 Å². The van der Waals surface area contributed by atoms with Crippen LogP contribution in [0.25, 0.3) is 10.9 Å². The molecule has 1 N–H and O–H groups in total. The molecule has 3 aromatic carbocycles. The van der Waals surface area contributed by atoms with Crippen LogP contribution in [0.2, 0.25) is 0 Å². The largest absolute Gasteiger partial charge is 0.350 e. The number of hydrogen-bond acceptors (Lipinski definition) is 3. The molecule has 2 fully saturated rings. The Bertz CT molecular complexity index is 1430. The Morgan fingerprint density at radius 1 is 0.750 bits per heavy atom. The Labute approximate surface area is 238 Å². The molecule has 0 atom stereocenters. The van der Waals surface area contributed by atoms with Gasteiger partial charge >= 0.3 is 0 Å². The molecule has 2 saturated heterocycles. The number of aromatic nitrogens is 1. The third-order valence-electron chi connectivity index (χ3n) is 9.07. The maximum absolute atomic E-state index is 14.0. The van der Waals surface area contributed by atoms with Crippen molar-refractivity contribution in [2.45, 2.75) is 52.1 Å². The van der Waals surface area contributed by atoms with Crippen LogP contribution in [0.5, 0.6) is 0 Å². The van der Waals surface area contributed by atoms with Crippen molar-refractivity contribution in [1.29, 1.82) is 0 Å². The minimum Gasteiger partial charge on any atom is -0.350 e. The fourth-order valence-electron chi connectivity index (χ4n) is 6.95. The van der Waals surface area contributed by atoms with E-state index < -0.39 is 0 Å². The number of H-pyrrole nitrogens is 1. The van der Waals surface area contributed by atoms with E-state index >= 15 is 0 Å². The van der Waals surface area contributed by atoms with Crippen LogP contribution in [0.1, 0.15) is 63.5 Å². The van der Waals surface area contributed by atoms with E-state index in [9.17, 15) is 4.79 Å². The Balaban J connectivity index is 1.16. The average molecular weight is 535 g/mol. The molecule has 6 rings (SSSR count). The third kappa shape index (κ3) is 5.72. The number of amides is 1. The number of nitrogens with zero attached hydrogens (tertiary/aromatic N) is 3. The summed E-state index contributed by atoms with van der Waals surface area (Å²) in [5.74, 6) is 0.774. The Morgan fingerprint density at radius 3 is 2.23 bits per heavy atom. The first-order valence-corrected chi connectivity index (χ1v) is 15.0. The van der Waals surface area contributed by atoms with Crippen LogP contribution >= 0.6 is 0 Å². The molecule has 40 heavy (non-hydrogen) atoms. The first-order chi connectivity index (χ1) is 19.6. The molecule has 5 nitrogen and oxygen atoms in total. The Morgan fingerprint density at radius 2 is 1.45 bits per heavy atom. The predicted octanol–water partition coefficient (Wildman–Crippen LogP) is 6.51. The molecule has 1 amide bonds. The second kappa shape index (κ2) is 12.0. The van der Waals surface area contributed by atoms with Crippen LogP contribution in [0, 0.1) is 13.8 Å². The molecule has 2 aliphatic heterocycles. The van der Waals surface area contributed by atoms with Crippen molar-refractivity contribution >= 4 is 16.8 Å². The summed E-state index contributed by atoms with van der Waals surface area (Å²) in [5.41, 5.74) is 8.73. The van der Waals surface area contributed by atoms with E-state index in [1.165, 1.54) is 34.9 Å². The summed E-state index contributed by atoms with van der Waals surface area (Å²) < 4.78 is 0. The van der Waals surface area contributed by atoms with Gasteiger partial charge in [-0.2, -0.15) is 0 Å². The van der Waals surface area contributed by atoms with Crippen molar-refractivity contribution in [1.82, 2.24) is 19.7 Å². The van der Waals surface area contributed by atoms with Gasteiger partial charge in [-0.3, -0.25) is 14.6 Å². The molecular formula is C35H42N4O. The van der Waals surface area contributed by atoms with Gasteiger partial charge in [0.25, 0.3) is 5.91 Å². The highest BCUT2D eigenvalue weighted by Gasteiger charge is 2.28. The zero-order chi connectivity index (χ0) is 27.5. The minimum atomic E-state index is 0.151. The highest BCUT2D eigenvalue weighted by atomic mass is 16.2. The maximum atomic E-state index is 14.0. The van der Waals surface area contributed by atoms with Gasteiger partial charge in [-0.1, -0.05) is 66.7 Å².